The van der Waals surface area contributed by atoms with Gasteiger partial charge in [0.2, 0.25) is 5.79 Å². The first-order valence-electron chi connectivity index (χ1n) is 7.05. The third-order valence-corrected chi connectivity index (χ3v) is 7.56. The van der Waals surface area contributed by atoms with E-state index < -0.39 is 33.7 Å². The molecule has 0 radical (unpaired) electrons. The van der Waals surface area contributed by atoms with Gasteiger partial charge in [-0.2, -0.15) is 0 Å². The Hall–Kier alpha value is -0.490. The van der Waals surface area contributed by atoms with Crippen LogP contribution in [0.3, 0.4) is 0 Å². The fraction of sp³-hybridized carbons (Fsp3) is 0.929. The molecule has 104 valence electrons. The number of Topliss-reactive ketones (excluding diaryl/α,β-unsaturated/α-hetero) is 1. The molecule has 1 spiro atoms. The molecular formula is C14H18O5. The number of carbonyl (C=O) groups is 1. The van der Waals surface area contributed by atoms with Crippen LogP contribution in [0.2, 0.25) is 0 Å². The zero-order valence-electron chi connectivity index (χ0n) is 11.1. The summed E-state index contributed by atoms with van der Waals surface area (Å²) < 4.78 is 11.5. The molecule has 2 saturated heterocycles. The van der Waals surface area contributed by atoms with Crippen LogP contribution < -0.4 is 0 Å². The lowest BCUT2D eigenvalue weighted by Gasteiger charge is -2.74. The van der Waals surface area contributed by atoms with E-state index >= 15 is 0 Å². The highest BCUT2D eigenvalue weighted by atomic mass is 16.7. The largest absolute Gasteiger partial charge is 0.388 e. The van der Waals surface area contributed by atoms with Gasteiger partial charge in [0.05, 0.1) is 29.1 Å². The number of hydrogen-bond donors (Lipinski definition) is 2. The van der Waals surface area contributed by atoms with Gasteiger partial charge in [0.25, 0.3) is 0 Å². The fourth-order valence-electron chi connectivity index (χ4n) is 6.23. The monoisotopic (exact) mass is 266 g/mol. The summed E-state index contributed by atoms with van der Waals surface area (Å²) in [7, 11) is 0. The zero-order chi connectivity index (χ0) is 13.5. The van der Waals surface area contributed by atoms with Gasteiger partial charge in [0.15, 0.2) is 0 Å². The maximum Gasteiger partial charge on any atom is 0.206 e. The third-order valence-electron chi connectivity index (χ3n) is 7.56. The normalized spacial score (nSPS) is 72.1. The van der Waals surface area contributed by atoms with E-state index in [9.17, 15) is 15.0 Å². The van der Waals surface area contributed by atoms with Crippen molar-refractivity contribution in [1.82, 2.24) is 0 Å². The van der Waals surface area contributed by atoms with Crippen molar-refractivity contribution in [3.63, 3.8) is 0 Å². The molecule has 5 heteroatoms. The van der Waals surface area contributed by atoms with E-state index in [2.05, 4.69) is 0 Å². The number of hydrogen-bond acceptors (Lipinski definition) is 5. The van der Waals surface area contributed by atoms with Crippen LogP contribution in [0, 0.1) is 16.2 Å². The Bertz CT molecular complexity index is 544. The standard InChI is InChI=1S/C14H18O5/c1-10-6-18-14(17)9-12(5-7(15)11(10,14)2)8(19-9)3-4-13(10,12)16/h8-9,16-17H,3-6H2,1-2H3/t8-,9?,10?,11?,12?,13?,14?/m0/s1. The van der Waals surface area contributed by atoms with Gasteiger partial charge in [0, 0.05) is 11.8 Å². The molecule has 19 heavy (non-hydrogen) atoms. The third kappa shape index (κ3) is 0.634. The number of fused-ring (bicyclic) bond motifs is 1. The Morgan fingerprint density at radius 1 is 1.32 bits per heavy atom. The fourth-order valence-corrected chi connectivity index (χ4v) is 6.23. The molecule has 6 unspecified atom stereocenters. The van der Waals surface area contributed by atoms with Crippen molar-refractivity contribution in [2.75, 3.05) is 6.61 Å². The smallest absolute Gasteiger partial charge is 0.206 e. The minimum absolute atomic E-state index is 0.0196. The molecule has 0 aromatic rings. The van der Waals surface area contributed by atoms with Crippen molar-refractivity contribution < 1.29 is 24.5 Å². The lowest BCUT2D eigenvalue weighted by Crippen LogP contribution is -2.89. The topological polar surface area (TPSA) is 76.0 Å². The summed E-state index contributed by atoms with van der Waals surface area (Å²) in [6.07, 6.45) is 1.05. The van der Waals surface area contributed by atoms with Crippen LogP contribution in [0.25, 0.3) is 0 Å². The zero-order valence-corrected chi connectivity index (χ0v) is 11.1. The quantitative estimate of drug-likeness (QED) is 0.644. The predicted molar refractivity (Wildman–Crippen MR) is 62.0 cm³/mol. The first-order valence-corrected chi connectivity index (χ1v) is 7.05. The molecule has 6 rings (SSSR count). The van der Waals surface area contributed by atoms with Crippen LogP contribution in [0.4, 0.5) is 0 Å². The van der Waals surface area contributed by atoms with E-state index in [1.54, 1.807) is 6.92 Å². The number of rotatable bonds is 0. The van der Waals surface area contributed by atoms with Gasteiger partial charge < -0.3 is 19.7 Å². The molecule has 0 amide bonds. The van der Waals surface area contributed by atoms with Gasteiger partial charge in [-0.15, -0.1) is 0 Å². The Morgan fingerprint density at radius 3 is 2.79 bits per heavy atom. The SMILES string of the molecule is CC12COC3(O)C4O[C@H]5CCC1(O)C45CC(=O)C32C. The van der Waals surface area contributed by atoms with Gasteiger partial charge >= 0.3 is 0 Å². The number of ether oxygens (including phenoxy) is 2. The highest BCUT2D eigenvalue weighted by Crippen LogP contribution is 2.83. The Morgan fingerprint density at radius 2 is 2.05 bits per heavy atom. The highest BCUT2D eigenvalue weighted by molar-refractivity contribution is 5.92. The molecule has 7 atom stereocenters. The molecule has 5 nitrogen and oxygen atoms in total. The van der Waals surface area contributed by atoms with Crippen molar-refractivity contribution in [2.24, 2.45) is 16.2 Å². The van der Waals surface area contributed by atoms with Crippen molar-refractivity contribution in [3.8, 4) is 0 Å². The average Bonchev–Trinajstić information content (AvgIpc) is 2.67. The summed E-state index contributed by atoms with van der Waals surface area (Å²) >= 11 is 0. The van der Waals surface area contributed by atoms with E-state index in [-0.39, 0.29) is 18.5 Å². The molecule has 0 aromatic heterocycles. The van der Waals surface area contributed by atoms with E-state index in [0.717, 1.165) is 6.42 Å². The number of carbonyl (C=O) groups excluding carboxylic acids is 1. The van der Waals surface area contributed by atoms with E-state index in [4.69, 9.17) is 9.47 Å². The van der Waals surface area contributed by atoms with Crippen molar-refractivity contribution >= 4 is 5.78 Å². The Kier molecular flexibility index (Phi) is 1.42. The van der Waals surface area contributed by atoms with Crippen molar-refractivity contribution in [2.45, 2.75) is 56.7 Å². The van der Waals surface area contributed by atoms with Gasteiger partial charge in [-0.1, -0.05) is 6.92 Å². The van der Waals surface area contributed by atoms with Crippen LogP contribution in [0.1, 0.15) is 33.1 Å². The van der Waals surface area contributed by atoms with Crippen molar-refractivity contribution in [3.05, 3.63) is 0 Å². The Labute approximate surface area is 110 Å². The summed E-state index contributed by atoms with van der Waals surface area (Å²) in [4.78, 5) is 12.7. The molecule has 2 aliphatic heterocycles. The number of aliphatic hydroxyl groups is 2. The lowest BCUT2D eigenvalue weighted by molar-refractivity contribution is -0.440. The predicted octanol–water partition coefficient (Wildman–Crippen LogP) is -0.0171. The molecule has 6 fully saturated rings. The van der Waals surface area contributed by atoms with Gasteiger partial charge in [-0.3, -0.25) is 4.79 Å². The second kappa shape index (κ2) is 2.41. The number of ketones is 1. The Balaban J connectivity index is 1.91. The van der Waals surface area contributed by atoms with Gasteiger partial charge in [0.1, 0.15) is 11.9 Å². The van der Waals surface area contributed by atoms with Gasteiger partial charge in [-0.05, 0) is 19.8 Å². The summed E-state index contributed by atoms with van der Waals surface area (Å²) in [5, 5.41) is 22.4. The van der Waals surface area contributed by atoms with Crippen LogP contribution in [-0.4, -0.2) is 46.2 Å². The van der Waals surface area contributed by atoms with Gasteiger partial charge in [-0.25, -0.2) is 0 Å². The van der Waals surface area contributed by atoms with E-state index in [0.29, 0.717) is 12.8 Å². The summed E-state index contributed by atoms with van der Waals surface area (Å²) in [5.41, 5.74) is -3.38. The van der Waals surface area contributed by atoms with Crippen LogP contribution >= 0.6 is 0 Å². The van der Waals surface area contributed by atoms with E-state index in [1.165, 1.54) is 0 Å². The highest BCUT2D eigenvalue weighted by Gasteiger charge is 2.95. The minimum atomic E-state index is -1.57. The first-order chi connectivity index (χ1) is 8.78. The molecule has 2 heterocycles. The van der Waals surface area contributed by atoms with Crippen LogP contribution in [-0.2, 0) is 14.3 Å². The second-order valence-electron chi connectivity index (χ2n) is 7.49. The lowest BCUT2D eigenvalue weighted by atomic mass is 9.34. The first kappa shape index (κ1) is 11.2. The maximum absolute atomic E-state index is 12.7. The van der Waals surface area contributed by atoms with Crippen molar-refractivity contribution in [1.29, 1.82) is 0 Å². The van der Waals surface area contributed by atoms with Crippen LogP contribution in [0.15, 0.2) is 0 Å². The molecule has 4 aliphatic carbocycles. The molecule has 0 aromatic carbocycles. The summed E-state index contributed by atoms with van der Waals surface area (Å²) in [6.45, 7) is 3.87. The average molecular weight is 266 g/mol. The molecule has 4 saturated carbocycles. The van der Waals surface area contributed by atoms with Crippen LogP contribution in [0.5, 0.6) is 0 Å². The summed E-state index contributed by atoms with van der Waals surface area (Å²) in [6, 6.07) is 0. The second-order valence-corrected chi connectivity index (χ2v) is 7.49. The molecule has 4 bridgehead atoms. The molecular weight excluding hydrogens is 248 g/mol. The maximum atomic E-state index is 12.7. The van der Waals surface area contributed by atoms with E-state index in [1.807, 2.05) is 6.92 Å². The molecule has 2 N–H and O–H groups in total. The minimum Gasteiger partial charge on any atom is -0.388 e. The molecule has 6 aliphatic rings. The summed E-state index contributed by atoms with van der Waals surface area (Å²) in [5.74, 6) is -1.55.